The molecule has 0 N–H and O–H groups in total. The van der Waals surface area contributed by atoms with Gasteiger partial charge in [0.05, 0.1) is 20.1 Å². The number of aliphatic imine (C=N–C) groups is 1. The number of carbonyl (C=O) groups excluding carboxylic acids is 1. The number of nitrogens with zero attached hydrogens (tertiary/aromatic N) is 1. The van der Waals surface area contributed by atoms with Gasteiger partial charge in [0.15, 0.2) is 5.70 Å². The van der Waals surface area contributed by atoms with Crippen molar-refractivity contribution in [3.63, 3.8) is 0 Å². The number of hydrogen-bond acceptors (Lipinski definition) is 3. The van der Waals surface area contributed by atoms with Crippen LogP contribution in [0, 0.1) is 0 Å². The quantitative estimate of drug-likeness (QED) is 0.494. The molecule has 1 heterocycles. The lowest BCUT2D eigenvalue weighted by atomic mass is 10.2. The van der Waals surface area contributed by atoms with Crippen LogP contribution in [-0.4, -0.2) is 11.9 Å². The third-order valence-corrected chi connectivity index (χ3v) is 4.63. The Labute approximate surface area is 152 Å². The molecule has 0 radical (unpaired) electrons. The van der Waals surface area contributed by atoms with Crippen LogP contribution in [0.25, 0.3) is 6.08 Å². The molecule has 0 fully saturated rings. The van der Waals surface area contributed by atoms with E-state index < -0.39 is 5.97 Å². The topological polar surface area (TPSA) is 38.7 Å². The minimum Gasteiger partial charge on any atom is -0.402 e. The van der Waals surface area contributed by atoms with Crippen LogP contribution in [0.5, 0.6) is 0 Å². The highest BCUT2D eigenvalue weighted by Crippen LogP contribution is 2.29. The van der Waals surface area contributed by atoms with Crippen LogP contribution in [0.3, 0.4) is 0 Å². The van der Waals surface area contributed by atoms with E-state index >= 15 is 0 Å². The molecule has 2 aromatic carbocycles. The normalized spacial score (nSPS) is 15.7. The second-order valence-electron chi connectivity index (χ2n) is 4.61. The van der Waals surface area contributed by atoms with Crippen molar-refractivity contribution in [3.05, 3.63) is 73.3 Å². The highest BCUT2D eigenvalue weighted by atomic mass is 35.5. The summed E-state index contributed by atoms with van der Waals surface area (Å²) in [6.07, 6.45) is 1.51. The molecule has 116 valence electrons. The molecule has 0 amide bonds. The molecule has 0 aromatic heterocycles. The summed E-state index contributed by atoms with van der Waals surface area (Å²) in [5.41, 5.74) is 1.24. The fraction of sp³-hybridized carbons (Fsp3) is 0. The van der Waals surface area contributed by atoms with Crippen LogP contribution in [0.4, 0.5) is 0 Å². The summed E-state index contributed by atoms with van der Waals surface area (Å²) in [5, 5.41) is 1.48. The molecule has 0 aliphatic carbocycles. The van der Waals surface area contributed by atoms with E-state index in [1.807, 2.05) is 0 Å². The maximum absolute atomic E-state index is 12.0. The number of benzene rings is 2. The van der Waals surface area contributed by atoms with Gasteiger partial charge in [0.1, 0.15) is 0 Å². The Morgan fingerprint density at radius 3 is 2.48 bits per heavy atom. The van der Waals surface area contributed by atoms with Gasteiger partial charge in [-0.15, -0.1) is 0 Å². The molecule has 0 saturated heterocycles. The maximum atomic E-state index is 12.0. The Hall–Kier alpha value is -1.52. The van der Waals surface area contributed by atoms with E-state index in [1.54, 1.807) is 36.4 Å². The van der Waals surface area contributed by atoms with Crippen molar-refractivity contribution in [2.24, 2.45) is 4.99 Å². The van der Waals surface area contributed by atoms with Crippen LogP contribution in [0.2, 0.25) is 20.1 Å². The van der Waals surface area contributed by atoms with Crippen LogP contribution >= 0.6 is 46.4 Å². The molecular formula is C16H7Cl4NO2. The van der Waals surface area contributed by atoms with Gasteiger partial charge in [0.25, 0.3) is 0 Å². The highest BCUT2D eigenvalue weighted by Gasteiger charge is 2.25. The minimum absolute atomic E-state index is 0.121. The summed E-state index contributed by atoms with van der Waals surface area (Å²) < 4.78 is 5.16. The SMILES string of the molecule is O=C1OC(c2ccc(Cl)c(Cl)c2)=N/C1=C\c1cccc(Cl)c1Cl. The van der Waals surface area contributed by atoms with Gasteiger partial charge in [-0.3, -0.25) is 0 Å². The monoisotopic (exact) mass is 385 g/mol. The van der Waals surface area contributed by atoms with E-state index in [-0.39, 0.29) is 11.6 Å². The van der Waals surface area contributed by atoms with Gasteiger partial charge < -0.3 is 4.74 Å². The molecule has 0 atom stereocenters. The van der Waals surface area contributed by atoms with Gasteiger partial charge >= 0.3 is 5.97 Å². The number of halogens is 4. The van der Waals surface area contributed by atoms with E-state index in [0.717, 1.165) is 0 Å². The van der Waals surface area contributed by atoms with E-state index in [0.29, 0.717) is 31.2 Å². The van der Waals surface area contributed by atoms with Crippen molar-refractivity contribution in [1.29, 1.82) is 0 Å². The zero-order chi connectivity index (χ0) is 16.6. The first-order chi connectivity index (χ1) is 11.0. The lowest BCUT2D eigenvalue weighted by molar-refractivity contribution is -0.129. The molecular weight excluding hydrogens is 380 g/mol. The van der Waals surface area contributed by atoms with Crippen LogP contribution in [0.15, 0.2) is 47.1 Å². The summed E-state index contributed by atoms with van der Waals surface area (Å²) >= 11 is 23.9. The molecule has 3 rings (SSSR count). The summed E-state index contributed by atoms with van der Waals surface area (Å²) in [4.78, 5) is 16.1. The lowest BCUT2D eigenvalue weighted by Crippen LogP contribution is -2.05. The van der Waals surface area contributed by atoms with E-state index in [2.05, 4.69) is 4.99 Å². The Kier molecular flexibility index (Phi) is 4.64. The van der Waals surface area contributed by atoms with Crippen LogP contribution in [0.1, 0.15) is 11.1 Å². The first-order valence-electron chi connectivity index (χ1n) is 6.37. The Bertz CT molecular complexity index is 874. The zero-order valence-electron chi connectivity index (χ0n) is 11.3. The molecule has 3 nitrogen and oxygen atoms in total. The molecule has 0 saturated carbocycles. The first-order valence-corrected chi connectivity index (χ1v) is 7.89. The third kappa shape index (κ3) is 3.38. The Morgan fingerprint density at radius 1 is 0.957 bits per heavy atom. The molecule has 1 aliphatic rings. The van der Waals surface area contributed by atoms with Crippen molar-refractivity contribution in [2.45, 2.75) is 0 Å². The van der Waals surface area contributed by atoms with E-state index in [4.69, 9.17) is 51.1 Å². The zero-order valence-corrected chi connectivity index (χ0v) is 14.3. The number of rotatable bonds is 2. The minimum atomic E-state index is -0.581. The van der Waals surface area contributed by atoms with Gasteiger partial charge in [0, 0.05) is 5.56 Å². The van der Waals surface area contributed by atoms with Crippen molar-refractivity contribution in [2.75, 3.05) is 0 Å². The van der Waals surface area contributed by atoms with Crippen LogP contribution in [-0.2, 0) is 9.53 Å². The van der Waals surface area contributed by atoms with Gasteiger partial charge in [-0.1, -0.05) is 58.5 Å². The predicted molar refractivity (Wildman–Crippen MR) is 93.5 cm³/mol. The van der Waals surface area contributed by atoms with Crippen molar-refractivity contribution >= 4 is 64.3 Å². The fourth-order valence-electron chi connectivity index (χ4n) is 1.94. The second-order valence-corrected chi connectivity index (χ2v) is 6.21. The molecule has 23 heavy (non-hydrogen) atoms. The molecule has 0 bridgehead atoms. The summed E-state index contributed by atoms with van der Waals surface area (Å²) in [5.74, 6) is -0.430. The largest absolute Gasteiger partial charge is 0.402 e. The van der Waals surface area contributed by atoms with E-state index in [1.165, 1.54) is 6.08 Å². The van der Waals surface area contributed by atoms with Crippen molar-refractivity contribution < 1.29 is 9.53 Å². The summed E-state index contributed by atoms with van der Waals surface area (Å²) in [6.45, 7) is 0. The predicted octanol–water partition coefficient (Wildman–Crippen LogP) is 5.64. The van der Waals surface area contributed by atoms with Gasteiger partial charge in [-0.05, 0) is 35.9 Å². The van der Waals surface area contributed by atoms with Gasteiger partial charge in [-0.25, -0.2) is 9.79 Å². The number of cyclic esters (lactones) is 1. The first kappa shape index (κ1) is 16.3. The fourth-order valence-corrected chi connectivity index (χ4v) is 2.60. The van der Waals surface area contributed by atoms with Gasteiger partial charge in [-0.2, -0.15) is 0 Å². The van der Waals surface area contributed by atoms with E-state index in [9.17, 15) is 4.79 Å². The molecule has 7 heteroatoms. The van der Waals surface area contributed by atoms with Crippen molar-refractivity contribution in [1.82, 2.24) is 0 Å². The molecule has 1 aliphatic heterocycles. The van der Waals surface area contributed by atoms with Gasteiger partial charge in [0.2, 0.25) is 5.90 Å². The molecule has 2 aromatic rings. The molecule has 0 spiro atoms. The van der Waals surface area contributed by atoms with Crippen molar-refractivity contribution in [3.8, 4) is 0 Å². The number of ether oxygens (including phenoxy) is 1. The maximum Gasteiger partial charge on any atom is 0.363 e. The lowest BCUT2D eigenvalue weighted by Gasteiger charge is -2.01. The number of hydrogen-bond donors (Lipinski definition) is 0. The number of esters is 1. The second kappa shape index (κ2) is 6.54. The number of carbonyl (C=O) groups is 1. The third-order valence-electron chi connectivity index (χ3n) is 3.06. The Morgan fingerprint density at radius 2 is 1.74 bits per heavy atom. The Balaban J connectivity index is 1.99. The molecule has 0 unspecified atom stereocenters. The standard InChI is InChI=1S/C16H7Cl4NO2/c17-10-5-4-9(6-12(10)19)15-21-13(16(22)23-15)7-8-2-1-3-11(18)14(8)20/h1-7H/b13-7-. The summed E-state index contributed by atoms with van der Waals surface area (Å²) in [6, 6.07) is 9.95. The summed E-state index contributed by atoms with van der Waals surface area (Å²) in [7, 11) is 0. The average molecular weight is 387 g/mol. The van der Waals surface area contributed by atoms with Crippen LogP contribution < -0.4 is 0 Å². The highest BCUT2D eigenvalue weighted by molar-refractivity contribution is 6.43. The average Bonchev–Trinajstić information content (AvgIpc) is 2.88. The smallest absolute Gasteiger partial charge is 0.363 e.